The summed E-state index contributed by atoms with van der Waals surface area (Å²) in [4.78, 5) is 10.7. The lowest BCUT2D eigenvalue weighted by atomic mass is 9.95. The maximum Gasteiger partial charge on any atom is 0.235 e. The van der Waals surface area contributed by atoms with Crippen LogP contribution in [-0.4, -0.2) is 14.5 Å². The van der Waals surface area contributed by atoms with Gasteiger partial charge in [-0.15, -0.1) is 0 Å². The smallest absolute Gasteiger partial charge is 0.235 e. The number of benzene rings is 8. The van der Waals surface area contributed by atoms with Gasteiger partial charge >= 0.3 is 0 Å². The summed E-state index contributed by atoms with van der Waals surface area (Å²) < 4.78 is 15.3. The van der Waals surface area contributed by atoms with E-state index in [1.807, 2.05) is 30.3 Å². The standard InChI is InChI=1S/C48H27N3O2/c1-2-12-29-25-31(22-21-28(29)11-1)45-34-15-3-7-17-39(34)49-48(50-45)51-40-18-8-4-16-35(40)44-36(27-38-33-14-6-10-20-42(33)53-47(38)46(44)51)30-23-24-43-37(26-30)32-13-5-9-19-41(32)52-43/h1-27H. The molecule has 0 aliphatic carbocycles. The summed E-state index contributed by atoms with van der Waals surface area (Å²) in [7, 11) is 0. The molecule has 0 saturated heterocycles. The molecule has 0 radical (unpaired) electrons. The second-order valence-electron chi connectivity index (χ2n) is 13.7. The highest BCUT2D eigenvalue weighted by molar-refractivity contribution is 6.26. The molecule has 0 aliphatic heterocycles. The van der Waals surface area contributed by atoms with Crippen LogP contribution in [0.3, 0.4) is 0 Å². The highest BCUT2D eigenvalue weighted by Gasteiger charge is 2.25. The van der Waals surface area contributed by atoms with Crippen LogP contribution in [0.25, 0.3) is 116 Å². The van der Waals surface area contributed by atoms with E-state index in [1.54, 1.807) is 0 Å². The van der Waals surface area contributed by atoms with Gasteiger partial charge in [-0.3, -0.25) is 4.57 Å². The lowest BCUT2D eigenvalue weighted by molar-refractivity contribution is 0.669. The van der Waals surface area contributed by atoms with E-state index in [0.717, 1.165) is 99.0 Å². The molecule has 4 heterocycles. The third kappa shape index (κ3) is 4.07. The molecule has 12 aromatic rings. The van der Waals surface area contributed by atoms with E-state index in [2.05, 4.69) is 138 Å². The van der Waals surface area contributed by atoms with Crippen LogP contribution >= 0.6 is 0 Å². The van der Waals surface area contributed by atoms with Crippen molar-refractivity contribution >= 4 is 87.4 Å². The molecule has 8 aromatic carbocycles. The van der Waals surface area contributed by atoms with E-state index in [9.17, 15) is 0 Å². The molecule has 5 nitrogen and oxygen atoms in total. The van der Waals surface area contributed by atoms with Crippen LogP contribution in [0.2, 0.25) is 0 Å². The first-order valence-electron chi connectivity index (χ1n) is 17.8. The molecule has 0 unspecified atom stereocenters. The van der Waals surface area contributed by atoms with Crippen molar-refractivity contribution in [3.8, 4) is 28.3 Å². The first-order chi connectivity index (χ1) is 26.3. The van der Waals surface area contributed by atoms with Crippen LogP contribution in [0, 0.1) is 0 Å². The molecule has 12 rings (SSSR count). The lowest BCUT2D eigenvalue weighted by Gasteiger charge is -2.13. The van der Waals surface area contributed by atoms with Gasteiger partial charge in [-0.1, -0.05) is 115 Å². The summed E-state index contributed by atoms with van der Waals surface area (Å²) in [6.45, 7) is 0. The molecule has 0 aliphatic rings. The largest absolute Gasteiger partial charge is 0.456 e. The summed E-state index contributed by atoms with van der Waals surface area (Å²) >= 11 is 0. The van der Waals surface area contributed by atoms with Crippen LogP contribution < -0.4 is 0 Å². The van der Waals surface area contributed by atoms with Crippen LogP contribution in [0.4, 0.5) is 0 Å². The maximum atomic E-state index is 6.82. The minimum absolute atomic E-state index is 0.591. The fourth-order valence-electron chi connectivity index (χ4n) is 8.38. The third-order valence-electron chi connectivity index (χ3n) is 10.8. The predicted octanol–water partition coefficient (Wildman–Crippen LogP) is 13.0. The molecular weight excluding hydrogens is 651 g/mol. The first-order valence-corrected chi connectivity index (χ1v) is 17.8. The number of nitrogens with zero attached hydrogens (tertiary/aromatic N) is 3. The highest BCUT2D eigenvalue weighted by atomic mass is 16.3. The van der Waals surface area contributed by atoms with Crippen LogP contribution in [0.1, 0.15) is 0 Å². The van der Waals surface area contributed by atoms with Gasteiger partial charge in [0.15, 0.2) is 5.58 Å². The summed E-state index contributed by atoms with van der Waals surface area (Å²) in [5.74, 6) is 0.591. The number of furan rings is 2. The molecule has 0 atom stereocenters. The molecule has 246 valence electrons. The Bertz CT molecular complexity index is 3480. The van der Waals surface area contributed by atoms with Gasteiger partial charge in [-0.2, -0.15) is 0 Å². The molecule has 0 N–H and O–H groups in total. The van der Waals surface area contributed by atoms with Crippen molar-refractivity contribution in [1.29, 1.82) is 0 Å². The third-order valence-corrected chi connectivity index (χ3v) is 10.8. The number of rotatable bonds is 3. The van der Waals surface area contributed by atoms with E-state index < -0.39 is 0 Å². The number of para-hydroxylation sites is 4. The minimum Gasteiger partial charge on any atom is -0.456 e. The van der Waals surface area contributed by atoms with Crippen molar-refractivity contribution < 1.29 is 8.83 Å². The van der Waals surface area contributed by atoms with Crippen LogP contribution in [-0.2, 0) is 0 Å². The second kappa shape index (κ2) is 10.6. The van der Waals surface area contributed by atoms with Gasteiger partial charge in [-0.05, 0) is 70.4 Å². The van der Waals surface area contributed by atoms with Crippen LogP contribution in [0.15, 0.2) is 173 Å². The minimum atomic E-state index is 0.591. The van der Waals surface area contributed by atoms with Crippen molar-refractivity contribution in [3.05, 3.63) is 164 Å². The molecule has 0 saturated carbocycles. The summed E-state index contributed by atoms with van der Waals surface area (Å²) in [5, 5.41) is 9.84. The average Bonchev–Trinajstić information content (AvgIpc) is 3.89. The maximum absolute atomic E-state index is 6.82. The second-order valence-corrected chi connectivity index (χ2v) is 13.7. The SMILES string of the molecule is c1ccc2cc(-c3nc(-n4c5ccccc5c5c(-c6ccc7oc8ccccc8c7c6)cc6c7ccccc7oc6c54)nc4ccccc34)ccc2c1. The molecule has 5 heteroatoms. The Labute approximate surface area is 302 Å². The first kappa shape index (κ1) is 28.5. The zero-order chi connectivity index (χ0) is 34.6. The van der Waals surface area contributed by atoms with Crippen molar-refractivity contribution in [2.24, 2.45) is 0 Å². The molecule has 53 heavy (non-hydrogen) atoms. The predicted molar refractivity (Wildman–Crippen MR) is 217 cm³/mol. The molecular formula is C48H27N3O2. The van der Waals surface area contributed by atoms with Gasteiger partial charge in [-0.25, -0.2) is 9.97 Å². The fraction of sp³-hybridized carbons (Fsp3) is 0. The molecule has 4 aromatic heterocycles. The van der Waals surface area contributed by atoms with Gasteiger partial charge in [0.25, 0.3) is 0 Å². The van der Waals surface area contributed by atoms with E-state index >= 15 is 0 Å². The Morgan fingerprint density at radius 2 is 1.09 bits per heavy atom. The zero-order valence-electron chi connectivity index (χ0n) is 28.2. The Balaban J connectivity index is 1.23. The van der Waals surface area contributed by atoms with E-state index in [-0.39, 0.29) is 0 Å². The van der Waals surface area contributed by atoms with Crippen LogP contribution in [0.5, 0.6) is 0 Å². The van der Waals surface area contributed by atoms with E-state index in [1.165, 1.54) is 10.8 Å². The van der Waals surface area contributed by atoms with Crippen molar-refractivity contribution in [1.82, 2.24) is 14.5 Å². The van der Waals surface area contributed by atoms with Crippen molar-refractivity contribution in [3.63, 3.8) is 0 Å². The quantitative estimate of drug-likeness (QED) is 0.187. The topological polar surface area (TPSA) is 57.0 Å². The zero-order valence-corrected chi connectivity index (χ0v) is 28.2. The Morgan fingerprint density at radius 3 is 1.96 bits per heavy atom. The monoisotopic (exact) mass is 677 g/mol. The summed E-state index contributed by atoms with van der Waals surface area (Å²) in [6, 6.07) is 57.2. The highest BCUT2D eigenvalue weighted by Crippen LogP contribution is 2.46. The number of fused-ring (bicyclic) bond motifs is 12. The average molecular weight is 678 g/mol. The van der Waals surface area contributed by atoms with E-state index in [0.29, 0.717) is 5.95 Å². The van der Waals surface area contributed by atoms with Crippen molar-refractivity contribution in [2.45, 2.75) is 0 Å². The summed E-state index contributed by atoms with van der Waals surface area (Å²) in [5.41, 5.74) is 10.3. The van der Waals surface area contributed by atoms with Gasteiger partial charge in [0, 0.05) is 43.3 Å². The molecule has 0 fully saturated rings. The lowest BCUT2D eigenvalue weighted by Crippen LogP contribution is -2.03. The number of hydrogen-bond donors (Lipinski definition) is 0. The van der Waals surface area contributed by atoms with Gasteiger partial charge in [0.2, 0.25) is 5.95 Å². The van der Waals surface area contributed by atoms with Gasteiger partial charge < -0.3 is 8.83 Å². The number of aromatic nitrogens is 3. The molecule has 0 amide bonds. The molecule has 0 bridgehead atoms. The Morgan fingerprint density at radius 1 is 0.434 bits per heavy atom. The fourth-order valence-corrected chi connectivity index (χ4v) is 8.38. The normalized spacial score (nSPS) is 12.2. The van der Waals surface area contributed by atoms with Crippen molar-refractivity contribution in [2.75, 3.05) is 0 Å². The van der Waals surface area contributed by atoms with E-state index in [4.69, 9.17) is 18.8 Å². The van der Waals surface area contributed by atoms with Gasteiger partial charge in [0.05, 0.1) is 16.7 Å². The summed E-state index contributed by atoms with van der Waals surface area (Å²) in [6.07, 6.45) is 0. The van der Waals surface area contributed by atoms with Gasteiger partial charge in [0.1, 0.15) is 22.3 Å². The molecule has 0 spiro atoms. The number of hydrogen-bond acceptors (Lipinski definition) is 4. The Kier molecular flexibility index (Phi) is 5.71. The Hall–Kier alpha value is -7.24.